The molecule has 1 aromatic heterocycles. The fourth-order valence-electron chi connectivity index (χ4n) is 3.88. The number of halogens is 3. The summed E-state index contributed by atoms with van der Waals surface area (Å²) >= 11 is 0. The van der Waals surface area contributed by atoms with Crippen LogP contribution in [0.15, 0.2) is 22.7 Å². The van der Waals surface area contributed by atoms with Crippen LogP contribution in [0.5, 0.6) is 5.75 Å². The molecule has 33 heavy (non-hydrogen) atoms. The Labute approximate surface area is 190 Å². The lowest BCUT2D eigenvalue weighted by Gasteiger charge is -2.20. The second-order valence-electron chi connectivity index (χ2n) is 8.22. The summed E-state index contributed by atoms with van der Waals surface area (Å²) in [6, 6.07) is 3.05. The number of aromatic nitrogens is 2. The van der Waals surface area contributed by atoms with Gasteiger partial charge in [0, 0.05) is 18.5 Å². The number of aliphatic hydroxyl groups excluding tert-OH is 1. The molecule has 3 rings (SSSR count). The highest BCUT2D eigenvalue weighted by molar-refractivity contribution is 5.75. The van der Waals surface area contributed by atoms with E-state index >= 15 is 0 Å². The maximum atomic E-state index is 13.7. The van der Waals surface area contributed by atoms with Gasteiger partial charge in [-0.1, -0.05) is 44.2 Å². The normalized spacial score (nSPS) is 18.6. The maximum Gasteiger partial charge on any atom is 0.419 e. The van der Waals surface area contributed by atoms with Crippen molar-refractivity contribution in [3.05, 3.63) is 29.7 Å². The van der Waals surface area contributed by atoms with Gasteiger partial charge in [0.15, 0.2) is 5.96 Å². The van der Waals surface area contributed by atoms with E-state index in [1.54, 1.807) is 0 Å². The Morgan fingerprint density at radius 2 is 2.00 bits per heavy atom. The van der Waals surface area contributed by atoms with Gasteiger partial charge >= 0.3 is 6.18 Å². The predicted molar refractivity (Wildman–Crippen MR) is 116 cm³/mol. The third-order valence-electron chi connectivity index (χ3n) is 5.61. The molecule has 1 aliphatic rings. The average Bonchev–Trinajstić information content (AvgIpc) is 3.39. The van der Waals surface area contributed by atoms with Crippen molar-refractivity contribution in [1.82, 2.24) is 15.0 Å². The highest BCUT2D eigenvalue weighted by Crippen LogP contribution is 2.39. The van der Waals surface area contributed by atoms with E-state index in [1.807, 2.05) is 0 Å². The molecule has 0 unspecified atom stereocenters. The fourth-order valence-corrected chi connectivity index (χ4v) is 3.88. The molecule has 1 saturated heterocycles. The van der Waals surface area contributed by atoms with Gasteiger partial charge in [-0.15, -0.1) is 0 Å². The van der Waals surface area contributed by atoms with Gasteiger partial charge in [0.2, 0.25) is 11.7 Å². The molecule has 1 aliphatic heterocycles. The van der Waals surface area contributed by atoms with Gasteiger partial charge in [0.1, 0.15) is 11.8 Å². The number of guanidine groups is 1. The quantitative estimate of drug-likeness (QED) is 0.266. The molecule has 2 heterocycles. The highest BCUT2D eigenvalue weighted by Gasteiger charge is 2.38. The minimum absolute atomic E-state index is 0.0251. The van der Waals surface area contributed by atoms with Crippen molar-refractivity contribution >= 4 is 5.96 Å². The zero-order chi connectivity index (χ0) is 24.0. The van der Waals surface area contributed by atoms with Gasteiger partial charge in [0.05, 0.1) is 18.3 Å². The van der Waals surface area contributed by atoms with Crippen LogP contribution in [0.25, 0.3) is 11.4 Å². The van der Waals surface area contributed by atoms with Gasteiger partial charge in [-0.3, -0.25) is 5.41 Å². The first kappa shape index (κ1) is 24.8. The third-order valence-corrected chi connectivity index (χ3v) is 5.61. The number of nitrogens with zero attached hydrogens (tertiary/aromatic N) is 3. The molecule has 2 aromatic rings. The van der Waals surface area contributed by atoms with Crippen molar-refractivity contribution in [2.45, 2.75) is 70.2 Å². The number of aliphatic hydroxyl groups is 1. The summed E-state index contributed by atoms with van der Waals surface area (Å²) in [5, 5.41) is 21.3. The summed E-state index contributed by atoms with van der Waals surface area (Å²) in [5.74, 6) is -0.440. The van der Waals surface area contributed by atoms with E-state index in [-0.39, 0.29) is 48.6 Å². The molecule has 0 spiro atoms. The minimum atomic E-state index is -4.61. The standard InChI is InChI=1S/C22H30F3N5O3/c1-2-3-4-5-6-7-10-32-18-9-8-14(11-16(18)22(23,24)25)19-28-20(33-29-19)17-12-15(31)13-30(17)21(26)27/h8-9,11,15,17,31H,2-7,10,12-13H2,1H3,(H3,26,27)/t15-,17-/m0/s1. The van der Waals surface area contributed by atoms with Crippen LogP contribution in [0.4, 0.5) is 13.2 Å². The lowest BCUT2D eigenvalue weighted by atomic mass is 10.1. The molecule has 0 amide bonds. The van der Waals surface area contributed by atoms with E-state index in [0.29, 0.717) is 6.42 Å². The Balaban J connectivity index is 1.72. The van der Waals surface area contributed by atoms with Gasteiger partial charge in [0.25, 0.3) is 0 Å². The van der Waals surface area contributed by atoms with Gasteiger partial charge in [-0.2, -0.15) is 18.2 Å². The minimum Gasteiger partial charge on any atom is -0.493 e. The number of unbranched alkanes of at least 4 members (excludes halogenated alkanes) is 5. The Bertz CT molecular complexity index is 934. The summed E-state index contributed by atoms with van der Waals surface area (Å²) < 4.78 is 51.7. The van der Waals surface area contributed by atoms with Crippen LogP contribution >= 0.6 is 0 Å². The monoisotopic (exact) mass is 469 g/mol. The molecule has 0 aliphatic carbocycles. The van der Waals surface area contributed by atoms with Crippen LogP contribution in [0, 0.1) is 5.41 Å². The smallest absolute Gasteiger partial charge is 0.419 e. The van der Waals surface area contributed by atoms with Crippen LogP contribution in [-0.2, 0) is 6.18 Å². The van der Waals surface area contributed by atoms with Gasteiger partial charge < -0.3 is 25.0 Å². The van der Waals surface area contributed by atoms with E-state index in [2.05, 4.69) is 17.1 Å². The van der Waals surface area contributed by atoms with Gasteiger partial charge in [-0.25, -0.2) is 0 Å². The number of nitrogens with one attached hydrogen (secondary N) is 1. The summed E-state index contributed by atoms with van der Waals surface area (Å²) in [5.41, 5.74) is 4.76. The Morgan fingerprint density at radius 1 is 1.27 bits per heavy atom. The molecule has 2 atom stereocenters. The number of likely N-dealkylation sites (tertiary alicyclic amines) is 1. The molecular weight excluding hydrogens is 439 g/mol. The summed E-state index contributed by atoms with van der Waals surface area (Å²) in [6.07, 6.45) is 0.949. The van der Waals surface area contributed by atoms with Crippen LogP contribution in [-0.4, -0.2) is 45.4 Å². The number of β-amino-alcohol motifs (C(OH)–C–C–N with tert-alkyl or cyclic N) is 1. The third kappa shape index (κ3) is 6.37. The van der Waals surface area contributed by atoms with E-state index in [9.17, 15) is 18.3 Å². The first-order valence-corrected chi connectivity index (χ1v) is 11.2. The summed E-state index contributed by atoms with van der Waals surface area (Å²) in [6.45, 7) is 2.48. The number of hydrogen-bond donors (Lipinski definition) is 3. The van der Waals surface area contributed by atoms with E-state index in [4.69, 9.17) is 20.4 Å². The van der Waals surface area contributed by atoms with Gasteiger partial charge in [-0.05, 0) is 24.6 Å². The van der Waals surface area contributed by atoms with Crippen molar-refractivity contribution in [1.29, 1.82) is 5.41 Å². The fraction of sp³-hybridized carbons (Fsp3) is 0.591. The number of nitrogens with two attached hydrogens (primary N) is 1. The van der Waals surface area contributed by atoms with Crippen molar-refractivity contribution < 1.29 is 27.5 Å². The molecule has 4 N–H and O–H groups in total. The first-order valence-electron chi connectivity index (χ1n) is 11.2. The lowest BCUT2D eigenvalue weighted by Crippen LogP contribution is -2.36. The van der Waals surface area contributed by atoms with Crippen LogP contribution in [0.2, 0.25) is 0 Å². The van der Waals surface area contributed by atoms with Crippen LogP contribution in [0.1, 0.15) is 69.4 Å². The SMILES string of the molecule is CCCCCCCCOc1ccc(-c2noc([C@@H]3C[C@H](O)CN3C(=N)N)n2)cc1C(F)(F)F. The van der Waals surface area contributed by atoms with Crippen molar-refractivity contribution in [3.63, 3.8) is 0 Å². The first-order chi connectivity index (χ1) is 15.7. The maximum absolute atomic E-state index is 13.7. The Hall–Kier alpha value is -2.82. The van der Waals surface area contributed by atoms with Crippen molar-refractivity contribution in [2.24, 2.45) is 5.73 Å². The zero-order valence-electron chi connectivity index (χ0n) is 18.6. The number of alkyl halides is 3. The molecule has 11 heteroatoms. The average molecular weight is 470 g/mol. The molecule has 0 bridgehead atoms. The largest absolute Gasteiger partial charge is 0.493 e. The lowest BCUT2D eigenvalue weighted by molar-refractivity contribution is -0.138. The van der Waals surface area contributed by atoms with Crippen LogP contribution < -0.4 is 10.5 Å². The molecule has 1 aromatic carbocycles. The number of rotatable bonds is 10. The number of benzene rings is 1. The molecule has 8 nitrogen and oxygen atoms in total. The van der Waals surface area contributed by atoms with E-state index < -0.39 is 23.9 Å². The zero-order valence-corrected chi connectivity index (χ0v) is 18.6. The molecule has 182 valence electrons. The Kier molecular flexibility index (Phi) is 8.17. The van der Waals surface area contributed by atoms with Crippen LogP contribution in [0.3, 0.4) is 0 Å². The molecule has 0 saturated carbocycles. The summed E-state index contributed by atoms with van der Waals surface area (Å²) in [7, 11) is 0. The summed E-state index contributed by atoms with van der Waals surface area (Å²) in [4.78, 5) is 5.61. The number of ether oxygens (including phenoxy) is 1. The molecule has 0 radical (unpaired) electrons. The van der Waals surface area contributed by atoms with Crippen molar-refractivity contribution in [2.75, 3.05) is 13.2 Å². The second-order valence-corrected chi connectivity index (χ2v) is 8.22. The second kappa shape index (κ2) is 10.9. The molecular formula is C22H30F3N5O3. The number of hydrogen-bond acceptors (Lipinski definition) is 6. The highest BCUT2D eigenvalue weighted by atomic mass is 19.4. The van der Waals surface area contributed by atoms with E-state index in [1.165, 1.54) is 17.0 Å². The molecule has 1 fully saturated rings. The topological polar surface area (TPSA) is 121 Å². The predicted octanol–water partition coefficient (Wildman–Crippen LogP) is 4.50. The van der Waals surface area contributed by atoms with E-state index in [0.717, 1.165) is 38.2 Å². The van der Waals surface area contributed by atoms with Crippen molar-refractivity contribution in [3.8, 4) is 17.1 Å². The Morgan fingerprint density at radius 3 is 2.70 bits per heavy atom.